The van der Waals surface area contributed by atoms with Gasteiger partial charge in [-0.15, -0.1) is 0 Å². The maximum atomic E-state index is 2.86. The molecule has 114 valence electrons. The zero-order chi connectivity index (χ0) is 14.0. The standard InChI is InChI=1S/C5H10N.3C4H9.Sn/c1-6-4-2-3-5-6;3*1-3-4-2;/h1-5H2;3*1,3-4H2,2H3;. The fraction of sp³-hybridized carbons (Fsp3) is 1.00. The molecule has 0 atom stereocenters. The monoisotopic (exact) mass is 375 g/mol. The van der Waals surface area contributed by atoms with E-state index < -0.39 is 18.4 Å². The zero-order valence-corrected chi connectivity index (χ0v) is 16.7. The van der Waals surface area contributed by atoms with Gasteiger partial charge in [-0.05, 0) is 0 Å². The first-order valence-electron chi connectivity index (χ1n) is 8.98. The molecule has 0 unspecified atom stereocenters. The van der Waals surface area contributed by atoms with Crippen molar-refractivity contribution >= 4 is 18.4 Å². The van der Waals surface area contributed by atoms with Crippen molar-refractivity contribution in [1.29, 1.82) is 0 Å². The molecular formula is C17H37NSn. The fourth-order valence-electron chi connectivity index (χ4n) is 3.68. The zero-order valence-electron chi connectivity index (χ0n) is 13.8. The molecule has 2 heteroatoms. The Bertz CT molecular complexity index is 190. The van der Waals surface area contributed by atoms with Gasteiger partial charge in [0.25, 0.3) is 0 Å². The Morgan fingerprint density at radius 2 is 1.16 bits per heavy atom. The Morgan fingerprint density at radius 1 is 0.737 bits per heavy atom. The second-order valence-corrected chi connectivity index (χ2v) is 20.5. The number of hydrogen-bond donors (Lipinski definition) is 0. The first-order chi connectivity index (χ1) is 9.26. The van der Waals surface area contributed by atoms with Gasteiger partial charge in [-0.25, -0.2) is 0 Å². The minimum atomic E-state index is -1.84. The van der Waals surface area contributed by atoms with Gasteiger partial charge in [-0.3, -0.25) is 0 Å². The fourth-order valence-corrected chi connectivity index (χ4v) is 20.2. The Morgan fingerprint density at radius 3 is 1.53 bits per heavy atom. The second kappa shape index (κ2) is 10.5. The number of nitrogens with zero attached hydrogens (tertiary/aromatic N) is 1. The SMILES string of the molecule is CCC[CH2][Sn]([CH2]CCC)([CH2]CCC)[CH2]N1CCCC1. The van der Waals surface area contributed by atoms with Crippen molar-refractivity contribution in [3.63, 3.8) is 0 Å². The predicted molar refractivity (Wildman–Crippen MR) is 90.6 cm³/mol. The van der Waals surface area contributed by atoms with E-state index in [0.717, 1.165) is 0 Å². The molecule has 1 heterocycles. The molecule has 0 aromatic rings. The molecule has 19 heavy (non-hydrogen) atoms. The molecule has 0 N–H and O–H groups in total. The van der Waals surface area contributed by atoms with Crippen molar-refractivity contribution < 1.29 is 0 Å². The van der Waals surface area contributed by atoms with Crippen LogP contribution >= 0.6 is 0 Å². The molecule has 0 bridgehead atoms. The maximum absolute atomic E-state index is 2.86. The summed E-state index contributed by atoms with van der Waals surface area (Å²) in [5.41, 5.74) is 0. The number of unbranched alkanes of at least 4 members (excludes halogenated alkanes) is 3. The summed E-state index contributed by atoms with van der Waals surface area (Å²) in [6.07, 6.45) is 11.8. The Balaban J connectivity index is 2.61. The molecule has 0 aliphatic carbocycles. The van der Waals surface area contributed by atoms with Crippen LogP contribution in [-0.4, -0.2) is 40.9 Å². The third-order valence-electron chi connectivity index (χ3n) is 4.94. The van der Waals surface area contributed by atoms with Gasteiger partial charge in [0.1, 0.15) is 0 Å². The van der Waals surface area contributed by atoms with Crippen LogP contribution in [0.3, 0.4) is 0 Å². The minimum absolute atomic E-state index is 1.41. The van der Waals surface area contributed by atoms with E-state index in [1.165, 1.54) is 64.5 Å². The van der Waals surface area contributed by atoms with Crippen molar-refractivity contribution in [3.8, 4) is 0 Å². The van der Waals surface area contributed by atoms with Gasteiger partial charge in [-0.1, -0.05) is 0 Å². The summed E-state index contributed by atoms with van der Waals surface area (Å²) < 4.78 is 6.65. The normalized spacial score (nSPS) is 17.2. The second-order valence-electron chi connectivity index (χ2n) is 6.79. The van der Waals surface area contributed by atoms with E-state index in [4.69, 9.17) is 0 Å². The predicted octanol–water partition coefficient (Wildman–Crippen LogP) is 5.47. The Hall–Kier alpha value is 0.759. The van der Waals surface area contributed by atoms with Gasteiger partial charge >= 0.3 is 126 Å². The quantitative estimate of drug-likeness (QED) is 0.434. The van der Waals surface area contributed by atoms with Gasteiger partial charge in [0.15, 0.2) is 0 Å². The summed E-state index contributed by atoms with van der Waals surface area (Å²) in [7, 11) is 0. The molecule has 1 saturated heterocycles. The van der Waals surface area contributed by atoms with Crippen LogP contribution in [0.15, 0.2) is 0 Å². The van der Waals surface area contributed by atoms with Crippen molar-refractivity contribution in [3.05, 3.63) is 0 Å². The van der Waals surface area contributed by atoms with Crippen LogP contribution in [0.4, 0.5) is 0 Å². The average Bonchev–Trinajstić information content (AvgIpc) is 2.93. The van der Waals surface area contributed by atoms with Crippen molar-refractivity contribution in [2.75, 3.05) is 17.7 Å². The average molecular weight is 374 g/mol. The van der Waals surface area contributed by atoms with Crippen LogP contribution in [-0.2, 0) is 0 Å². The first kappa shape index (κ1) is 17.8. The Kier molecular flexibility index (Phi) is 9.82. The first-order valence-corrected chi connectivity index (χ1v) is 17.1. The number of hydrogen-bond acceptors (Lipinski definition) is 1. The molecule has 1 aliphatic rings. The third-order valence-corrected chi connectivity index (χ3v) is 20.2. The van der Waals surface area contributed by atoms with Crippen LogP contribution < -0.4 is 0 Å². The summed E-state index contributed by atoms with van der Waals surface area (Å²) in [6.45, 7) is 9.98. The van der Waals surface area contributed by atoms with Gasteiger partial charge in [-0.2, -0.15) is 0 Å². The molecular weight excluding hydrogens is 337 g/mol. The van der Waals surface area contributed by atoms with E-state index in [0.29, 0.717) is 0 Å². The molecule has 0 spiro atoms. The van der Waals surface area contributed by atoms with Gasteiger partial charge in [0.2, 0.25) is 0 Å². The summed E-state index contributed by atoms with van der Waals surface area (Å²) in [4.78, 5) is 2.86. The van der Waals surface area contributed by atoms with E-state index in [1.807, 2.05) is 0 Å². The van der Waals surface area contributed by atoms with Crippen LogP contribution in [0.5, 0.6) is 0 Å². The van der Waals surface area contributed by atoms with Crippen LogP contribution in [0, 0.1) is 0 Å². The number of likely N-dealkylation sites (tertiary alicyclic amines) is 1. The van der Waals surface area contributed by atoms with E-state index in [1.54, 1.807) is 17.9 Å². The summed E-state index contributed by atoms with van der Waals surface area (Å²) in [5, 5.41) is 0. The summed E-state index contributed by atoms with van der Waals surface area (Å²) >= 11 is -1.84. The van der Waals surface area contributed by atoms with Crippen molar-refractivity contribution in [2.45, 2.75) is 85.4 Å². The van der Waals surface area contributed by atoms with Crippen molar-refractivity contribution in [1.82, 2.24) is 4.90 Å². The van der Waals surface area contributed by atoms with E-state index >= 15 is 0 Å². The molecule has 0 amide bonds. The summed E-state index contributed by atoms with van der Waals surface area (Å²) in [6, 6.07) is 0. The van der Waals surface area contributed by atoms with Gasteiger partial charge in [0.05, 0.1) is 0 Å². The molecule has 0 aromatic carbocycles. The van der Waals surface area contributed by atoms with E-state index in [-0.39, 0.29) is 0 Å². The van der Waals surface area contributed by atoms with Crippen molar-refractivity contribution in [2.24, 2.45) is 0 Å². The van der Waals surface area contributed by atoms with Gasteiger partial charge < -0.3 is 0 Å². The molecule has 0 aromatic heterocycles. The molecule has 1 rings (SSSR count). The van der Waals surface area contributed by atoms with E-state index in [2.05, 4.69) is 25.7 Å². The van der Waals surface area contributed by atoms with Crippen LogP contribution in [0.1, 0.15) is 72.1 Å². The molecule has 1 aliphatic heterocycles. The van der Waals surface area contributed by atoms with E-state index in [9.17, 15) is 0 Å². The summed E-state index contributed by atoms with van der Waals surface area (Å²) in [5.74, 6) is 0. The van der Waals surface area contributed by atoms with Gasteiger partial charge in [0, 0.05) is 0 Å². The molecule has 0 saturated carbocycles. The topological polar surface area (TPSA) is 3.24 Å². The Labute approximate surface area is 126 Å². The molecule has 0 radical (unpaired) electrons. The molecule has 1 nitrogen and oxygen atoms in total. The van der Waals surface area contributed by atoms with Crippen LogP contribution in [0.2, 0.25) is 13.3 Å². The molecule has 1 fully saturated rings. The van der Waals surface area contributed by atoms with Crippen LogP contribution in [0.25, 0.3) is 0 Å². The third kappa shape index (κ3) is 6.84. The number of rotatable bonds is 11.